The molecule has 0 unspecified atom stereocenters. The highest BCUT2D eigenvalue weighted by molar-refractivity contribution is 9.10. The van der Waals surface area contributed by atoms with Crippen molar-refractivity contribution in [2.24, 2.45) is 0 Å². The molecular formula is C13H8Br2F2N2O. The second-order valence-corrected chi connectivity index (χ2v) is 5.65. The van der Waals surface area contributed by atoms with E-state index >= 15 is 0 Å². The van der Waals surface area contributed by atoms with Crippen LogP contribution in [0, 0.1) is 11.6 Å². The molecule has 104 valence electrons. The summed E-state index contributed by atoms with van der Waals surface area (Å²) >= 11 is 6.13. The van der Waals surface area contributed by atoms with Crippen LogP contribution in [0.3, 0.4) is 0 Å². The van der Waals surface area contributed by atoms with Gasteiger partial charge in [0.2, 0.25) is 0 Å². The third kappa shape index (κ3) is 3.16. The molecule has 3 N–H and O–H groups in total. The average molecular weight is 406 g/mol. The monoisotopic (exact) mass is 404 g/mol. The van der Waals surface area contributed by atoms with Gasteiger partial charge in [0.25, 0.3) is 5.91 Å². The van der Waals surface area contributed by atoms with Crippen LogP contribution in [0.1, 0.15) is 10.4 Å². The number of anilines is 2. The van der Waals surface area contributed by atoms with E-state index in [2.05, 4.69) is 37.2 Å². The number of nitrogens with two attached hydrogens (primary N) is 1. The highest BCUT2D eigenvalue weighted by Crippen LogP contribution is 2.25. The molecule has 0 fully saturated rings. The van der Waals surface area contributed by atoms with Crippen molar-refractivity contribution in [2.75, 3.05) is 11.1 Å². The Morgan fingerprint density at radius 3 is 2.40 bits per heavy atom. The predicted octanol–water partition coefficient (Wildman–Crippen LogP) is 4.32. The van der Waals surface area contributed by atoms with Crippen LogP contribution in [0.5, 0.6) is 0 Å². The predicted molar refractivity (Wildman–Crippen MR) is 80.6 cm³/mol. The lowest BCUT2D eigenvalue weighted by Crippen LogP contribution is -2.13. The second-order valence-electron chi connectivity index (χ2n) is 3.94. The summed E-state index contributed by atoms with van der Waals surface area (Å²) in [7, 11) is 0. The Morgan fingerprint density at radius 1 is 1.05 bits per heavy atom. The number of rotatable bonds is 2. The van der Waals surface area contributed by atoms with Crippen molar-refractivity contribution in [1.82, 2.24) is 0 Å². The molecule has 2 rings (SSSR count). The number of nitrogens with one attached hydrogen (secondary N) is 1. The van der Waals surface area contributed by atoms with E-state index in [1.807, 2.05) is 0 Å². The Balaban J connectivity index is 2.27. The summed E-state index contributed by atoms with van der Waals surface area (Å²) in [4.78, 5) is 12.0. The molecule has 0 aliphatic carbocycles. The zero-order valence-corrected chi connectivity index (χ0v) is 13.1. The van der Waals surface area contributed by atoms with Crippen molar-refractivity contribution >= 4 is 49.1 Å². The minimum Gasteiger partial charge on any atom is -0.398 e. The lowest BCUT2D eigenvalue weighted by Gasteiger charge is -2.08. The Bertz CT molecular complexity index is 692. The molecule has 0 heterocycles. The highest BCUT2D eigenvalue weighted by Gasteiger charge is 2.13. The number of carbonyl (C=O) groups is 1. The lowest BCUT2D eigenvalue weighted by atomic mass is 10.2. The van der Waals surface area contributed by atoms with Gasteiger partial charge < -0.3 is 11.1 Å². The average Bonchev–Trinajstić information content (AvgIpc) is 2.39. The first-order valence-electron chi connectivity index (χ1n) is 5.39. The van der Waals surface area contributed by atoms with Crippen molar-refractivity contribution in [2.45, 2.75) is 0 Å². The third-order valence-corrected chi connectivity index (χ3v) is 3.82. The Hall–Kier alpha value is -1.47. The van der Waals surface area contributed by atoms with Gasteiger partial charge in [-0.3, -0.25) is 4.79 Å². The quantitative estimate of drug-likeness (QED) is 0.577. The van der Waals surface area contributed by atoms with Gasteiger partial charge in [0.1, 0.15) is 11.6 Å². The standard InChI is InChI=1S/C13H8Br2F2N2O/c14-7-4-12(10(17)5-9(7)16)19-13(20)6-1-2-11(18)8(15)3-6/h1-5H,18H2,(H,19,20). The molecule has 2 aromatic carbocycles. The van der Waals surface area contributed by atoms with Gasteiger partial charge in [-0.15, -0.1) is 0 Å². The summed E-state index contributed by atoms with van der Waals surface area (Å²) in [5.41, 5.74) is 6.28. The smallest absolute Gasteiger partial charge is 0.255 e. The van der Waals surface area contributed by atoms with Crippen LogP contribution in [0.25, 0.3) is 0 Å². The van der Waals surface area contributed by atoms with E-state index in [1.165, 1.54) is 12.1 Å². The van der Waals surface area contributed by atoms with Crippen molar-refractivity contribution in [1.29, 1.82) is 0 Å². The molecule has 0 radical (unpaired) electrons. The fraction of sp³-hybridized carbons (Fsp3) is 0. The highest BCUT2D eigenvalue weighted by atomic mass is 79.9. The molecule has 0 aliphatic heterocycles. The van der Waals surface area contributed by atoms with Gasteiger partial charge in [0, 0.05) is 21.8 Å². The first-order valence-corrected chi connectivity index (χ1v) is 6.98. The molecule has 0 spiro atoms. The maximum absolute atomic E-state index is 13.5. The molecule has 0 saturated carbocycles. The van der Waals surface area contributed by atoms with Gasteiger partial charge >= 0.3 is 0 Å². The number of benzene rings is 2. The van der Waals surface area contributed by atoms with Crippen molar-refractivity contribution in [3.63, 3.8) is 0 Å². The summed E-state index contributed by atoms with van der Waals surface area (Å²) in [6.07, 6.45) is 0. The Kier molecular flexibility index (Phi) is 4.39. The van der Waals surface area contributed by atoms with Crippen molar-refractivity contribution < 1.29 is 13.6 Å². The molecule has 0 bridgehead atoms. The van der Waals surface area contributed by atoms with Gasteiger partial charge in [0.15, 0.2) is 0 Å². The zero-order chi connectivity index (χ0) is 14.9. The molecule has 0 aliphatic rings. The fourth-order valence-corrected chi connectivity index (χ4v) is 2.20. The fourth-order valence-electron chi connectivity index (χ4n) is 1.48. The van der Waals surface area contributed by atoms with Crippen LogP contribution >= 0.6 is 31.9 Å². The molecule has 2 aromatic rings. The van der Waals surface area contributed by atoms with Crippen LogP contribution in [0.15, 0.2) is 39.3 Å². The van der Waals surface area contributed by atoms with Gasteiger partial charge in [0.05, 0.1) is 10.2 Å². The number of carbonyl (C=O) groups excluding carboxylic acids is 1. The van der Waals surface area contributed by atoms with Crippen molar-refractivity contribution in [3.8, 4) is 0 Å². The molecule has 20 heavy (non-hydrogen) atoms. The minimum atomic E-state index is -0.853. The van der Waals surface area contributed by atoms with E-state index in [1.54, 1.807) is 6.07 Å². The van der Waals surface area contributed by atoms with Gasteiger partial charge in [-0.05, 0) is 56.1 Å². The molecule has 0 saturated heterocycles. The summed E-state index contributed by atoms with van der Waals surface area (Å²) in [5.74, 6) is -2.12. The number of amides is 1. The first kappa shape index (κ1) is 14.9. The largest absolute Gasteiger partial charge is 0.398 e. The lowest BCUT2D eigenvalue weighted by molar-refractivity contribution is 0.102. The van der Waals surface area contributed by atoms with Gasteiger partial charge in [-0.25, -0.2) is 8.78 Å². The topological polar surface area (TPSA) is 55.1 Å². The van der Waals surface area contributed by atoms with Crippen molar-refractivity contribution in [3.05, 3.63) is 56.5 Å². The van der Waals surface area contributed by atoms with Crippen LogP contribution in [0.2, 0.25) is 0 Å². The number of halogens is 4. The number of nitrogen functional groups attached to an aromatic ring is 1. The minimum absolute atomic E-state index is 0.0627. The molecule has 3 nitrogen and oxygen atoms in total. The summed E-state index contributed by atoms with van der Waals surface area (Å²) in [6, 6.07) is 6.43. The van der Waals surface area contributed by atoms with Crippen LogP contribution in [-0.2, 0) is 0 Å². The van der Waals surface area contributed by atoms with Crippen LogP contribution in [0.4, 0.5) is 20.2 Å². The molecule has 0 atom stereocenters. The van der Waals surface area contributed by atoms with Gasteiger partial charge in [-0.1, -0.05) is 0 Å². The van der Waals surface area contributed by atoms with Crippen LogP contribution in [-0.4, -0.2) is 5.91 Å². The van der Waals surface area contributed by atoms with E-state index < -0.39 is 17.5 Å². The summed E-state index contributed by atoms with van der Waals surface area (Å²) in [6.45, 7) is 0. The molecular weight excluding hydrogens is 398 g/mol. The normalized spacial score (nSPS) is 10.4. The van der Waals surface area contributed by atoms with E-state index in [0.29, 0.717) is 21.8 Å². The maximum atomic E-state index is 13.5. The third-order valence-electron chi connectivity index (χ3n) is 2.52. The Labute approximate surface area is 130 Å². The van der Waals surface area contributed by atoms with E-state index in [0.717, 1.165) is 6.07 Å². The second kappa shape index (κ2) is 5.88. The molecule has 0 aromatic heterocycles. The van der Waals surface area contributed by atoms with E-state index in [-0.39, 0.29) is 10.2 Å². The number of hydrogen-bond acceptors (Lipinski definition) is 2. The maximum Gasteiger partial charge on any atom is 0.255 e. The van der Waals surface area contributed by atoms with E-state index in [9.17, 15) is 13.6 Å². The van der Waals surface area contributed by atoms with Gasteiger partial charge in [-0.2, -0.15) is 0 Å². The zero-order valence-electron chi connectivity index (χ0n) is 9.88. The van der Waals surface area contributed by atoms with Crippen LogP contribution < -0.4 is 11.1 Å². The SMILES string of the molecule is Nc1ccc(C(=O)Nc2cc(Br)c(F)cc2F)cc1Br. The number of hydrogen-bond donors (Lipinski definition) is 2. The molecule has 1 amide bonds. The van der Waals surface area contributed by atoms with E-state index in [4.69, 9.17) is 5.73 Å². The molecule has 7 heteroatoms. The Morgan fingerprint density at radius 2 is 1.75 bits per heavy atom. The summed E-state index contributed by atoms with van der Waals surface area (Å²) in [5, 5.41) is 2.37. The first-order chi connectivity index (χ1) is 9.38. The summed E-state index contributed by atoms with van der Waals surface area (Å²) < 4.78 is 27.3.